The SMILES string of the molecule is CCc1noc(C)c1C(=O)N1CCNC(=O)[C@@H](Cc2ccccc2)NC(=O)[C@H](Cc2ccccc2)NC(=O)[C@H](C)NC(=O)c2cc(on2)C1. The van der Waals surface area contributed by atoms with Crippen molar-refractivity contribution in [2.75, 3.05) is 13.1 Å². The molecular formula is C35H39N7O7. The van der Waals surface area contributed by atoms with Crippen LogP contribution in [0, 0.1) is 6.92 Å². The Hall–Kier alpha value is -5.79. The quantitative estimate of drug-likeness (QED) is 0.238. The topological polar surface area (TPSA) is 189 Å². The molecule has 2 aromatic carbocycles. The lowest BCUT2D eigenvalue weighted by Gasteiger charge is -2.26. The summed E-state index contributed by atoms with van der Waals surface area (Å²) in [5, 5.41) is 18.9. The number of hydrogen-bond donors (Lipinski definition) is 4. The average Bonchev–Trinajstić information content (AvgIpc) is 3.73. The van der Waals surface area contributed by atoms with Crippen LogP contribution in [0.15, 0.2) is 75.8 Å². The number of carbonyl (C=O) groups excluding carboxylic acids is 5. The Balaban J connectivity index is 1.47. The molecule has 2 aromatic heterocycles. The van der Waals surface area contributed by atoms with Gasteiger partial charge in [-0.25, -0.2) is 0 Å². The molecule has 0 fully saturated rings. The van der Waals surface area contributed by atoms with E-state index in [1.54, 1.807) is 6.92 Å². The normalized spacial score (nSPS) is 19.6. The van der Waals surface area contributed by atoms with Crippen LogP contribution in [-0.4, -0.2) is 76.0 Å². The fraction of sp³-hybridized carbons (Fsp3) is 0.343. The van der Waals surface area contributed by atoms with Crippen LogP contribution in [-0.2, 0) is 40.2 Å². The van der Waals surface area contributed by atoms with Crippen molar-refractivity contribution in [1.29, 1.82) is 0 Å². The summed E-state index contributed by atoms with van der Waals surface area (Å²) in [4.78, 5) is 69.2. The number of rotatable bonds is 6. The molecule has 0 radical (unpaired) electrons. The van der Waals surface area contributed by atoms with Crippen LogP contribution >= 0.6 is 0 Å². The van der Waals surface area contributed by atoms with Crippen LogP contribution in [0.4, 0.5) is 0 Å². The second-order valence-electron chi connectivity index (χ2n) is 11.8. The molecule has 5 amide bonds. The summed E-state index contributed by atoms with van der Waals surface area (Å²) in [5.74, 6) is -2.23. The van der Waals surface area contributed by atoms with Gasteiger partial charge in [0.15, 0.2) is 11.5 Å². The lowest BCUT2D eigenvalue weighted by molar-refractivity contribution is -0.132. The summed E-state index contributed by atoms with van der Waals surface area (Å²) in [6.07, 6.45) is 0.748. The third-order valence-corrected chi connectivity index (χ3v) is 8.16. The van der Waals surface area contributed by atoms with Gasteiger partial charge in [-0.05, 0) is 31.4 Å². The molecule has 4 aromatic rings. The van der Waals surface area contributed by atoms with Crippen molar-refractivity contribution >= 4 is 29.5 Å². The lowest BCUT2D eigenvalue weighted by Crippen LogP contribution is -2.57. The van der Waals surface area contributed by atoms with Gasteiger partial charge in [0.1, 0.15) is 29.4 Å². The molecule has 2 bridgehead atoms. The fourth-order valence-electron chi connectivity index (χ4n) is 5.49. The molecule has 1 aliphatic heterocycles. The van der Waals surface area contributed by atoms with Gasteiger partial charge in [0.25, 0.3) is 11.8 Å². The van der Waals surface area contributed by atoms with Gasteiger partial charge in [-0.1, -0.05) is 77.9 Å². The summed E-state index contributed by atoms with van der Waals surface area (Å²) in [7, 11) is 0. The first-order chi connectivity index (χ1) is 23.6. The summed E-state index contributed by atoms with van der Waals surface area (Å²) < 4.78 is 10.7. The van der Waals surface area contributed by atoms with E-state index in [0.717, 1.165) is 11.1 Å². The van der Waals surface area contributed by atoms with Crippen LogP contribution in [0.3, 0.4) is 0 Å². The van der Waals surface area contributed by atoms with E-state index in [4.69, 9.17) is 9.05 Å². The number of benzene rings is 2. The number of nitrogens with zero attached hydrogens (tertiary/aromatic N) is 3. The molecule has 0 saturated heterocycles. The van der Waals surface area contributed by atoms with Gasteiger partial charge in [0.2, 0.25) is 17.7 Å². The van der Waals surface area contributed by atoms with Gasteiger partial charge < -0.3 is 35.2 Å². The molecule has 14 heteroatoms. The smallest absolute Gasteiger partial charge is 0.274 e. The number of aryl methyl sites for hydroxylation is 2. The molecule has 1 aliphatic rings. The number of hydrogen-bond acceptors (Lipinski definition) is 9. The Bertz CT molecular complexity index is 1790. The predicted octanol–water partition coefficient (Wildman–Crippen LogP) is 1.88. The van der Waals surface area contributed by atoms with Crippen molar-refractivity contribution in [3.05, 3.63) is 106 Å². The third kappa shape index (κ3) is 8.77. The maximum Gasteiger partial charge on any atom is 0.274 e. The van der Waals surface area contributed by atoms with Gasteiger partial charge in [-0.3, -0.25) is 24.0 Å². The lowest BCUT2D eigenvalue weighted by atomic mass is 10.0. The standard InChI is InChI=1S/C35H39N7O7/c1-4-26-30(22(3)48-40-26)35(47)42-16-15-36-32(44)27(17-23-11-7-5-8-12-23)39-33(45)28(18-24-13-9-6-10-14-24)38-31(43)21(2)37-34(46)29-19-25(20-42)49-41-29/h5-14,19,21,27-28H,4,15-18,20H2,1-3H3,(H,36,44)(H,37,46)(H,38,43)(H,39,45)/t21-,27+,28-/m0/s1. The van der Waals surface area contributed by atoms with Gasteiger partial charge in [0, 0.05) is 32.0 Å². The van der Waals surface area contributed by atoms with Gasteiger partial charge in [-0.2, -0.15) is 0 Å². The second kappa shape index (κ2) is 15.9. The van der Waals surface area contributed by atoms with Crippen molar-refractivity contribution in [2.24, 2.45) is 0 Å². The van der Waals surface area contributed by atoms with E-state index in [2.05, 4.69) is 31.6 Å². The predicted molar refractivity (Wildman–Crippen MR) is 176 cm³/mol. The van der Waals surface area contributed by atoms with Crippen LogP contribution < -0.4 is 21.3 Å². The highest BCUT2D eigenvalue weighted by molar-refractivity contribution is 5.98. The minimum absolute atomic E-state index is 0.0146. The maximum atomic E-state index is 13.8. The number of fused-ring (bicyclic) bond motifs is 2. The molecule has 14 nitrogen and oxygen atoms in total. The monoisotopic (exact) mass is 669 g/mol. The second-order valence-corrected chi connectivity index (χ2v) is 11.8. The first-order valence-electron chi connectivity index (χ1n) is 16.1. The highest BCUT2D eigenvalue weighted by atomic mass is 16.5. The first-order valence-corrected chi connectivity index (χ1v) is 16.1. The van der Waals surface area contributed by atoms with Gasteiger partial charge in [-0.15, -0.1) is 0 Å². The molecule has 0 saturated carbocycles. The van der Waals surface area contributed by atoms with Crippen molar-refractivity contribution < 1.29 is 33.0 Å². The molecule has 256 valence electrons. The van der Waals surface area contributed by atoms with E-state index in [1.165, 1.54) is 17.9 Å². The Labute approximate surface area is 282 Å². The minimum Gasteiger partial charge on any atom is -0.361 e. The third-order valence-electron chi connectivity index (χ3n) is 8.16. The molecule has 0 unspecified atom stereocenters. The van der Waals surface area contributed by atoms with Crippen molar-refractivity contribution in [3.8, 4) is 0 Å². The maximum absolute atomic E-state index is 13.8. The van der Waals surface area contributed by atoms with Crippen LogP contribution in [0.2, 0.25) is 0 Å². The number of amides is 5. The molecule has 4 N–H and O–H groups in total. The molecule has 0 aliphatic carbocycles. The minimum atomic E-state index is -1.08. The fourth-order valence-corrected chi connectivity index (χ4v) is 5.49. The van der Waals surface area contributed by atoms with Crippen molar-refractivity contribution in [3.63, 3.8) is 0 Å². The van der Waals surface area contributed by atoms with Crippen molar-refractivity contribution in [1.82, 2.24) is 36.5 Å². The van der Waals surface area contributed by atoms with Crippen LogP contribution in [0.5, 0.6) is 0 Å². The Morgan fingerprint density at radius 3 is 2.08 bits per heavy atom. The van der Waals surface area contributed by atoms with E-state index in [0.29, 0.717) is 23.4 Å². The summed E-state index contributed by atoms with van der Waals surface area (Å²) in [6.45, 7) is 4.92. The Morgan fingerprint density at radius 2 is 1.45 bits per heavy atom. The Kier molecular flexibility index (Phi) is 11.2. The molecule has 5 rings (SSSR count). The zero-order valence-electron chi connectivity index (χ0n) is 27.5. The highest BCUT2D eigenvalue weighted by Gasteiger charge is 2.31. The van der Waals surface area contributed by atoms with E-state index in [-0.39, 0.29) is 43.9 Å². The highest BCUT2D eigenvalue weighted by Crippen LogP contribution is 2.19. The molecule has 3 heterocycles. The molecule has 0 spiro atoms. The van der Waals surface area contributed by atoms with E-state index in [1.807, 2.05) is 67.6 Å². The first kappa shape index (κ1) is 34.5. The van der Waals surface area contributed by atoms with Gasteiger partial charge in [0.05, 0.1) is 12.2 Å². The average molecular weight is 670 g/mol. The van der Waals surface area contributed by atoms with Crippen LogP contribution in [0.1, 0.15) is 63.0 Å². The number of carbonyl (C=O) groups is 5. The number of nitrogens with one attached hydrogen (secondary N) is 4. The number of aromatic nitrogens is 2. The zero-order chi connectivity index (χ0) is 34.9. The molecular weight excluding hydrogens is 630 g/mol. The Morgan fingerprint density at radius 1 is 0.837 bits per heavy atom. The summed E-state index contributed by atoms with van der Waals surface area (Å²) in [5.41, 5.74) is 2.26. The van der Waals surface area contributed by atoms with E-state index < -0.39 is 47.7 Å². The van der Waals surface area contributed by atoms with E-state index in [9.17, 15) is 24.0 Å². The van der Waals surface area contributed by atoms with E-state index >= 15 is 0 Å². The largest absolute Gasteiger partial charge is 0.361 e. The van der Waals surface area contributed by atoms with Gasteiger partial charge >= 0.3 is 0 Å². The summed E-state index contributed by atoms with van der Waals surface area (Å²) >= 11 is 0. The molecule has 3 atom stereocenters. The summed E-state index contributed by atoms with van der Waals surface area (Å²) in [6, 6.07) is 16.5. The van der Waals surface area contributed by atoms with Crippen molar-refractivity contribution in [2.45, 2.75) is 64.7 Å². The zero-order valence-corrected chi connectivity index (χ0v) is 27.5. The molecule has 49 heavy (non-hydrogen) atoms. The van der Waals surface area contributed by atoms with Crippen LogP contribution in [0.25, 0.3) is 0 Å².